The first-order valence-electron chi connectivity index (χ1n) is 7.34. The van der Waals surface area contributed by atoms with Crippen molar-refractivity contribution in [3.05, 3.63) is 22.7 Å². The number of aromatic amines is 1. The Morgan fingerprint density at radius 1 is 1.57 bits per heavy atom. The van der Waals surface area contributed by atoms with E-state index in [1.807, 2.05) is 0 Å². The predicted molar refractivity (Wildman–Crippen MR) is 82.3 cm³/mol. The number of H-pyrrole nitrogens is 1. The number of nitrogens with two attached hydrogens (primary N) is 1. The van der Waals surface area contributed by atoms with Crippen LogP contribution in [0, 0.1) is 5.92 Å². The molecular formula is C15H21N3O3. The molecule has 0 saturated heterocycles. The lowest BCUT2D eigenvalue weighted by Crippen LogP contribution is -2.41. The van der Waals surface area contributed by atoms with Gasteiger partial charge in [-0.25, -0.2) is 4.79 Å². The van der Waals surface area contributed by atoms with Crippen LogP contribution >= 0.6 is 0 Å². The number of anilines is 2. The van der Waals surface area contributed by atoms with Crippen molar-refractivity contribution in [3.8, 4) is 0 Å². The Morgan fingerprint density at radius 2 is 2.38 bits per heavy atom. The minimum atomic E-state index is -0.692. The molecule has 3 rings (SSSR count). The fourth-order valence-electron chi connectivity index (χ4n) is 3.22. The highest BCUT2D eigenvalue weighted by atomic mass is 16.4. The lowest BCUT2D eigenvalue weighted by molar-refractivity contribution is -0.000746. The Kier molecular flexibility index (Phi) is 3.41. The molecule has 21 heavy (non-hydrogen) atoms. The second kappa shape index (κ2) is 5.11. The highest BCUT2D eigenvalue weighted by Crippen LogP contribution is 2.33. The average molecular weight is 291 g/mol. The molecule has 0 radical (unpaired) electrons. The van der Waals surface area contributed by atoms with Crippen molar-refractivity contribution in [2.45, 2.75) is 38.2 Å². The zero-order chi connectivity index (χ0) is 15.0. The number of nitrogen functional groups attached to an aromatic ring is 1. The minimum Gasteiger partial charge on any atom is -0.408 e. The fourth-order valence-corrected chi connectivity index (χ4v) is 3.22. The molecule has 1 aromatic heterocycles. The van der Waals surface area contributed by atoms with Crippen LogP contribution in [0.25, 0.3) is 11.1 Å². The molecule has 1 saturated carbocycles. The maximum atomic E-state index is 11.2. The summed E-state index contributed by atoms with van der Waals surface area (Å²) in [5.74, 6) is 0.0388. The van der Waals surface area contributed by atoms with Crippen molar-refractivity contribution in [1.29, 1.82) is 0 Å². The minimum absolute atomic E-state index is 0.438. The lowest BCUT2D eigenvalue weighted by Gasteiger charge is -2.36. The number of aromatic nitrogens is 1. The van der Waals surface area contributed by atoms with Gasteiger partial charge in [-0.2, -0.15) is 0 Å². The van der Waals surface area contributed by atoms with Gasteiger partial charge in [0.25, 0.3) is 0 Å². The third-order valence-corrected chi connectivity index (χ3v) is 4.27. The lowest BCUT2D eigenvalue weighted by atomic mass is 9.79. The Morgan fingerprint density at radius 3 is 3.14 bits per heavy atom. The van der Waals surface area contributed by atoms with Crippen molar-refractivity contribution in [1.82, 2.24) is 4.98 Å². The maximum absolute atomic E-state index is 11.2. The largest absolute Gasteiger partial charge is 0.417 e. The molecule has 6 nitrogen and oxygen atoms in total. The van der Waals surface area contributed by atoms with Crippen LogP contribution in [0.15, 0.2) is 21.3 Å². The summed E-state index contributed by atoms with van der Waals surface area (Å²) in [6.45, 7) is 2.62. The van der Waals surface area contributed by atoms with E-state index in [1.54, 1.807) is 12.1 Å². The summed E-state index contributed by atoms with van der Waals surface area (Å²) in [5, 5.41) is 13.8. The molecule has 0 bridgehead atoms. The van der Waals surface area contributed by atoms with E-state index in [0.717, 1.165) is 19.3 Å². The molecule has 6 heteroatoms. The van der Waals surface area contributed by atoms with E-state index >= 15 is 0 Å². The van der Waals surface area contributed by atoms with Crippen molar-refractivity contribution in [3.63, 3.8) is 0 Å². The van der Waals surface area contributed by atoms with Gasteiger partial charge in [0.15, 0.2) is 5.58 Å². The molecule has 0 aliphatic heterocycles. The van der Waals surface area contributed by atoms with E-state index in [4.69, 9.17) is 10.2 Å². The number of fused-ring (bicyclic) bond motifs is 1. The predicted octanol–water partition coefficient (Wildman–Crippen LogP) is 2.06. The Balaban J connectivity index is 1.78. The second-order valence-corrected chi connectivity index (χ2v) is 6.23. The Labute approximate surface area is 122 Å². The molecule has 2 unspecified atom stereocenters. The molecule has 1 fully saturated rings. The van der Waals surface area contributed by atoms with Crippen molar-refractivity contribution >= 4 is 22.5 Å². The van der Waals surface area contributed by atoms with Crippen LogP contribution in [0.5, 0.6) is 0 Å². The van der Waals surface area contributed by atoms with E-state index in [1.165, 1.54) is 6.42 Å². The first-order valence-corrected chi connectivity index (χ1v) is 7.34. The van der Waals surface area contributed by atoms with Crippen LogP contribution in [0.4, 0.5) is 11.4 Å². The van der Waals surface area contributed by atoms with E-state index < -0.39 is 11.4 Å². The van der Waals surface area contributed by atoms with Gasteiger partial charge in [0.05, 0.1) is 22.5 Å². The first-order chi connectivity index (χ1) is 9.95. The van der Waals surface area contributed by atoms with Gasteiger partial charge >= 0.3 is 5.76 Å². The van der Waals surface area contributed by atoms with Crippen molar-refractivity contribution in [2.75, 3.05) is 17.6 Å². The normalized spacial score (nSPS) is 26.1. The molecule has 0 amide bonds. The molecule has 2 atom stereocenters. The van der Waals surface area contributed by atoms with E-state index in [2.05, 4.69) is 17.2 Å². The van der Waals surface area contributed by atoms with Gasteiger partial charge in [0.2, 0.25) is 0 Å². The number of hydrogen-bond acceptors (Lipinski definition) is 5. The second-order valence-electron chi connectivity index (χ2n) is 6.23. The number of rotatable bonds is 3. The smallest absolute Gasteiger partial charge is 0.408 e. The molecule has 0 spiro atoms. The number of hydrogen-bond donors (Lipinski definition) is 4. The summed E-state index contributed by atoms with van der Waals surface area (Å²) in [6.07, 6.45) is 3.81. The van der Waals surface area contributed by atoms with E-state index in [9.17, 15) is 9.90 Å². The summed E-state index contributed by atoms with van der Waals surface area (Å²) in [7, 11) is 0. The van der Waals surface area contributed by atoms with Gasteiger partial charge in [-0.05, 0) is 24.8 Å². The highest BCUT2D eigenvalue weighted by Gasteiger charge is 2.32. The topological polar surface area (TPSA) is 104 Å². The molecule has 1 heterocycles. The SMILES string of the molecule is CC1CCCC(O)(CNc2cc3[nH]c(=O)oc3cc2N)C1. The zero-order valence-electron chi connectivity index (χ0n) is 12.1. The Hall–Kier alpha value is -1.95. The van der Waals surface area contributed by atoms with Crippen LogP contribution in [0.2, 0.25) is 0 Å². The van der Waals surface area contributed by atoms with Crippen LogP contribution in [-0.2, 0) is 0 Å². The van der Waals surface area contributed by atoms with Crippen LogP contribution in [0.1, 0.15) is 32.6 Å². The summed E-state index contributed by atoms with van der Waals surface area (Å²) >= 11 is 0. The number of aliphatic hydroxyl groups is 1. The summed E-state index contributed by atoms with van der Waals surface area (Å²) in [4.78, 5) is 13.8. The molecular weight excluding hydrogens is 270 g/mol. The van der Waals surface area contributed by atoms with Crippen LogP contribution in [0.3, 0.4) is 0 Å². The molecule has 114 valence electrons. The van der Waals surface area contributed by atoms with Gasteiger partial charge in [-0.1, -0.05) is 19.8 Å². The molecule has 2 aromatic rings. The molecule has 1 aliphatic rings. The van der Waals surface area contributed by atoms with Crippen molar-refractivity contribution < 1.29 is 9.52 Å². The first kappa shape index (κ1) is 14.0. The van der Waals surface area contributed by atoms with Crippen molar-refractivity contribution in [2.24, 2.45) is 5.92 Å². The van der Waals surface area contributed by atoms with Gasteiger partial charge in [0, 0.05) is 12.6 Å². The number of oxazole rings is 1. The van der Waals surface area contributed by atoms with Crippen LogP contribution < -0.4 is 16.8 Å². The van der Waals surface area contributed by atoms with Gasteiger partial charge in [-0.15, -0.1) is 0 Å². The average Bonchev–Trinajstić information content (AvgIpc) is 2.75. The quantitative estimate of drug-likeness (QED) is 0.648. The van der Waals surface area contributed by atoms with Gasteiger partial charge < -0.3 is 20.6 Å². The van der Waals surface area contributed by atoms with Crippen LogP contribution in [-0.4, -0.2) is 22.2 Å². The fraction of sp³-hybridized carbons (Fsp3) is 0.533. The third kappa shape index (κ3) is 2.90. The Bertz CT molecular complexity index is 706. The number of benzene rings is 1. The van der Waals surface area contributed by atoms with E-state index in [-0.39, 0.29) is 0 Å². The highest BCUT2D eigenvalue weighted by molar-refractivity contribution is 5.85. The zero-order valence-corrected chi connectivity index (χ0v) is 12.1. The summed E-state index contributed by atoms with van der Waals surface area (Å²) < 4.78 is 4.96. The molecule has 1 aromatic carbocycles. The molecule has 1 aliphatic carbocycles. The molecule has 5 N–H and O–H groups in total. The number of nitrogens with one attached hydrogen (secondary N) is 2. The summed E-state index contributed by atoms with van der Waals surface area (Å²) in [6, 6.07) is 3.36. The van der Waals surface area contributed by atoms with E-state index in [0.29, 0.717) is 34.9 Å². The van der Waals surface area contributed by atoms with Gasteiger partial charge in [-0.3, -0.25) is 4.98 Å². The monoisotopic (exact) mass is 291 g/mol. The van der Waals surface area contributed by atoms with Gasteiger partial charge in [0.1, 0.15) is 0 Å². The standard InChI is InChI=1S/C15H21N3O3/c1-9-3-2-4-15(20,7-9)8-17-11-6-12-13(5-10(11)16)21-14(19)18-12/h5-6,9,17,20H,2-4,7-8,16H2,1H3,(H,18,19). The maximum Gasteiger partial charge on any atom is 0.417 e. The third-order valence-electron chi connectivity index (χ3n) is 4.27. The summed E-state index contributed by atoms with van der Waals surface area (Å²) in [5.41, 5.74) is 7.50.